The van der Waals surface area contributed by atoms with Gasteiger partial charge in [-0.2, -0.15) is 0 Å². The summed E-state index contributed by atoms with van der Waals surface area (Å²) >= 11 is 7.34. The zero-order chi connectivity index (χ0) is 27.8. The van der Waals surface area contributed by atoms with Crippen LogP contribution in [0.15, 0.2) is 80.1 Å². The second-order valence-electron chi connectivity index (χ2n) is 8.48. The number of thiazole rings is 1. The molecule has 0 fully saturated rings. The number of carbonyl (C=O) groups is 1. The van der Waals surface area contributed by atoms with Crippen molar-refractivity contribution < 1.29 is 23.3 Å². The fraction of sp³-hybridized carbons (Fsp3) is 0.148. The summed E-state index contributed by atoms with van der Waals surface area (Å²) in [6.07, 6.45) is 1.54. The van der Waals surface area contributed by atoms with Crippen LogP contribution < -0.4 is 14.9 Å². The molecule has 5 rings (SSSR count). The predicted molar refractivity (Wildman–Crippen MR) is 143 cm³/mol. The van der Waals surface area contributed by atoms with E-state index in [2.05, 4.69) is 4.99 Å². The Labute approximate surface area is 228 Å². The largest absolute Gasteiger partial charge is 0.463 e. The van der Waals surface area contributed by atoms with Crippen molar-refractivity contribution in [2.75, 3.05) is 6.61 Å². The lowest BCUT2D eigenvalue weighted by Crippen LogP contribution is -2.39. The van der Waals surface area contributed by atoms with Gasteiger partial charge in [0, 0.05) is 23.8 Å². The highest BCUT2D eigenvalue weighted by Crippen LogP contribution is 2.33. The van der Waals surface area contributed by atoms with E-state index in [0.717, 1.165) is 11.3 Å². The van der Waals surface area contributed by atoms with Gasteiger partial charge >= 0.3 is 5.97 Å². The topological polar surface area (TPSA) is 117 Å². The number of carbonyl (C=O) groups excluding carboxylic acids is 1. The minimum Gasteiger partial charge on any atom is -0.463 e. The number of ether oxygens (including phenoxy) is 1. The van der Waals surface area contributed by atoms with Crippen LogP contribution in [-0.4, -0.2) is 22.1 Å². The number of fused-ring (bicyclic) bond motifs is 1. The molecule has 2 aromatic carbocycles. The van der Waals surface area contributed by atoms with E-state index in [1.165, 1.54) is 53.1 Å². The van der Waals surface area contributed by atoms with Crippen LogP contribution in [0.1, 0.15) is 31.2 Å². The fourth-order valence-electron chi connectivity index (χ4n) is 4.27. The molecule has 39 heavy (non-hydrogen) atoms. The third-order valence-corrected chi connectivity index (χ3v) is 7.33. The van der Waals surface area contributed by atoms with Gasteiger partial charge in [-0.3, -0.25) is 19.5 Å². The third-order valence-electron chi connectivity index (χ3n) is 6.03. The summed E-state index contributed by atoms with van der Waals surface area (Å²) in [4.78, 5) is 41.9. The van der Waals surface area contributed by atoms with Gasteiger partial charge in [-0.15, -0.1) is 0 Å². The maximum Gasteiger partial charge on any atom is 0.338 e. The average Bonchev–Trinajstić information content (AvgIpc) is 3.48. The molecule has 3 heterocycles. The van der Waals surface area contributed by atoms with Crippen LogP contribution in [0.4, 0.5) is 10.1 Å². The first-order valence-corrected chi connectivity index (χ1v) is 12.9. The number of halogens is 2. The highest BCUT2D eigenvalue weighted by atomic mass is 35.5. The number of nitrogens with zero attached hydrogens (tertiary/aromatic N) is 3. The number of hydrogen-bond donors (Lipinski definition) is 0. The Kier molecular flexibility index (Phi) is 7.02. The molecule has 0 radical (unpaired) electrons. The van der Waals surface area contributed by atoms with Gasteiger partial charge in [0.05, 0.1) is 38.4 Å². The summed E-state index contributed by atoms with van der Waals surface area (Å²) in [5.74, 6) is -0.368. The number of nitro groups is 1. The molecule has 0 bridgehead atoms. The Bertz CT molecular complexity index is 1840. The quantitative estimate of drug-likeness (QED) is 0.188. The number of rotatable bonds is 6. The summed E-state index contributed by atoms with van der Waals surface area (Å²) in [7, 11) is 0. The van der Waals surface area contributed by atoms with E-state index >= 15 is 0 Å². The molecule has 0 N–H and O–H groups in total. The second kappa shape index (κ2) is 10.4. The van der Waals surface area contributed by atoms with Crippen molar-refractivity contribution in [2.24, 2.45) is 4.99 Å². The van der Waals surface area contributed by atoms with E-state index in [-0.39, 0.29) is 27.4 Å². The molecule has 0 saturated carbocycles. The highest BCUT2D eigenvalue weighted by molar-refractivity contribution is 7.07. The van der Waals surface area contributed by atoms with Gasteiger partial charge in [0.2, 0.25) is 0 Å². The van der Waals surface area contributed by atoms with Crippen molar-refractivity contribution in [3.05, 3.63) is 118 Å². The van der Waals surface area contributed by atoms with E-state index in [9.17, 15) is 24.1 Å². The summed E-state index contributed by atoms with van der Waals surface area (Å²) in [5.41, 5.74) is 0.988. The number of esters is 1. The van der Waals surface area contributed by atoms with Gasteiger partial charge in [-0.25, -0.2) is 14.2 Å². The first kappa shape index (κ1) is 26.3. The van der Waals surface area contributed by atoms with Crippen molar-refractivity contribution in [3.63, 3.8) is 0 Å². The summed E-state index contributed by atoms with van der Waals surface area (Å²) in [6, 6.07) is 12.0. The number of non-ortho nitro benzene ring substituents is 1. The van der Waals surface area contributed by atoms with Gasteiger partial charge in [0.15, 0.2) is 4.80 Å². The number of hydrogen-bond acceptors (Lipinski definition) is 8. The van der Waals surface area contributed by atoms with Crippen LogP contribution in [0.25, 0.3) is 17.4 Å². The maximum atomic E-state index is 13.7. The molecule has 2 aromatic heterocycles. The number of benzene rings is 2. The maximum absolute atomic E-state index is 13.7. The molecule has 1 aliphatic heterocycles. The van der Waals surface area contributed by atoms with Gasteiger partial charge < -0.3 is 9.15 Å². The molecule has 9 nitrogen and oxygen atoms in total. The van der Waals surface area contributed by atoms with Crippen molar-refractivity contribution in [2.45, 2.75) is 19.9 Å². The monoisotopic (exact) mass is 567 g/mol. The minimum absolute atomic E-state index is 0.135. The smallest absolute Gasteiger partial charge is 0.338 e. The molecule has 1 aliphatic rings. The lowest BCUT2D eigenvalue weighted by Gasteiger charge is -2.24. The van der Waals surface area contributed by atoms with Crippen LogP contribution in [-0.2, 0) is 9.53 Å². The minimum atomic E-state index is -0.867. The highest BCUT2D eigenvalue weighted by Gasteiger charge is 2.33. The van der Waals surface area contributed by atoms with Gasteiger partial charge in [-0.1, -0.05) is 35.1 Å². The first-order chi connectivity index (χ1) is 18.7. The molecule has 198 valence electrons. The van der Waals surface area contributed by atoms with Crippen molar-refractivity contribution in [1.82, 2.24) is 4.57 Å². The Balaban J connectivity index is 1.60. The lowest BCUT2D eigenvalue weighted by molar-refractivity contribution is -0.384. The Morgan fingerprint density at radius 1 is 1.26 bits per heavy atom. The van der Waals surface area contributed by atoms with Crippen LogP contribution in [0.2, 0.25) is 5.02 Å². The Morgan fingerprint density at radius 2 is 2.00 bits per heavy atom. The molecule has 0 spiro atoms. The molecule has 0 saturated heterocycles. The summed E-state index contributed by atoms with van der Waals surface area (Å²) < 4.78 is 26.5. The normalized spacial score (nSPS) is 15.2. The standard InChI is InChI=1S/C27H19ClFN3O6S/c1-3-37-26(34)23-14(2)30-27-31(24(23)15-4-6-16(29)7-5-15)25(33)22(39-27)13-18-9-11-21(38-18)19-10-8-17(32(35)36)12-20(19)28/h4-13,24H,3H2,1-2H3/b22-13-/t24-/m1/s1. The first-order valence-electron chi connectivity index (χ1n) is 11.7. The lowest BCUT2D eigenvalue weighted by atomic mass is 9.96. The van der Waals surface area contributed by atoms with E-state index < -0.39 is 28.3 Å². The van der Waals surface area contributed by atoms with Crippen molar-refractivity contribution >= 4 is 40.7 Å². The Morgan fingerprint density at radius 3 is 2.67 bits per heavy atom. The van der Waals surface area contributed by atoms with E-state index in [0.29, 0.717) is 33.1 Å². The van der Waals surface area contributed by atoms with Gasteiger partial charge in [0.25, 0.3) is 11.2 Å². The number of aromatic nitrogens is 1. The van der Waals surface area contributed by atoms with Crippen molar-refractivity contribution in [1.29, 1.82) is 0 Å². The number of nitro benzene ring substituents is 1. The fourth-order valence-corrected chi connectivity index (χ4v) is 5.57. The molecular formula is C27H19ClFN3O6S. The van der Waals surface area contributed by atoms with E-state index in [1.54, 1.807) is 26.0 Å². The molecule has 4 aromatic rings. The van der Waals surface area contributed by atoms with Gasteiger partial charge in [0.1, 0.15) is 17.3 Å². The number of allylic oxidation sites excluding steroid dienone is 1. The van der Waals surface area contributed by atoms with Crippen LogP contribution in [0, 0.1) is 15.9 Å². The molecule has 0 unspecified atom stereocenters. The molecule has 12 heteroatoms. The predicted octanol–water partition coefficient (Wildman–Crippen LogP) is 4.76. The van der Waals surface area contributed by atoms with Crippen LogP contribution >= 0.6 is 22.9 Å². The Hall–Kier alpha value is -4.35. The zero-order valence-electron chi connectivity index (χ0n) is 20.5. The molecule has 0 aliphatic carbocycles. The van der Waals surface area contributed by atoms with E-state index in [1.807, 2.05) is 0 Å². The van der Waals surface area contributed by atoms with Crippen LogP contribution in [0.5, 0.6) is 0 Å². The second-order valence-corrected chi connectivity index (χ2v) is 9.89. The van der Waals surface area contributed by atoms with Crippen LogP contribution in [0.3, 0.4) is 0 Å². The summed E-state index contributed by atoms with van der Waals surface area (Å²) in [5, 5.41) is 11.1. The zero-order valence-corrected chi connectivity index (χ0v) is 22.1. The number of furan rings is 1. The van der Waals surface area contributed by atoms with Gasteiger partial charge in [-0.05, 0) is 49.7 Å². The SMILES string of the molecule is CCOC(=O)C1=C(C)N=c2s/c(=C\c3ccc(-c4ccc([N+](=O)[O-])cc4Cl)o3)c(=O)n2[C@@H]1c1ccc(F)cc1. The average molecular weight is 568 g/mol. The molecule has 1 atom stereocenters. The van der Waals surface area contributed by atoms with Crippen molar-refractivity contribution in [3.8, 4) is 11.3 Å². The van der Waals surface area contributed by atoms with E-state index in [4.69, 9.17) is 20.8 Å². The molecular weight excluding hydrogens is 549 g/mol. The molecule has 0 amide bonds. The summed E-state index contributed by atoms with van der Waals surface area (Å²) in [6.45, 7) is 3.47. The third kappa shape index (κ3) is 4.93.